The van der Waals surface area contributed by atoms with E-state index in [4.69, 9.17) is 0 Å². The number of hydrogen-bond donors (Lipinski definition) is 2. The van der Waals surface area contributed by atoms with E-state index in [9.17, 15) is 4.79 Å². The number of para-hydroxylation sites is 1. The molecule has 0 saturated heterocycles. The van der Waals surface area contributed by atoms with Crippen molar-refractivity contribution in [1.29, 1.82) is 0 Å². The number of anilines is 1. The molecule has 3 nitrogen and oxygen atoms in total. The van der Waals surface area contributed by atoms with Gasteiger partial charge in [0.1, 0.15) is 0 Å². The first kappa shape index (κ1) is 13.3. The third kappa shape index (κ3) is 4.31. The highest BCUT2D eigenvalue weighted by Crippen LogP contribution is 2.12. The lowest BCUT2D eigenvalue weighted by atomic mass is 10.1. The van der Waals surface area contributed by atoms with Crippen LogP contribution in [0.25, 0.3) is 0 Å². The number of amides is 2. The first-order valence-corrected chi connectivity index (χ1v) is 5.80. The van der Waals surface area contributed by atoms with Gasteiger partial charge in [-0.15, -0.1) is 0 Å². The molecular weight excluding hydrogens is 212 g/mol. The van der Waals surface area contributed by atoms with Crippen LogP contribution in [0.5, 0.6) is 0 Å². The molecule has 2 amide bonds. The fraction of sp³-hybridized carbons (Fsp3) is 0.357. The lowest BCUT2D eigenvalue weighted by molar-refractivity contribution is 0.255. The van der Waals surface area contributed by atoms with E-state index in [1.807, 2.05) is 38.1 Å². The van der Waals surface area contributed by atoms with Gasteiger partial charge in [-0.25, -0.2) is 4.79 Å². The number of nitrogens with one attached hydrogen (secondary N) is 2. The molecule has 1 aromatic carbocycles. The summed E-state index contributed by atoms with van der Waals surface area (Å²) in [5.74, 6) is 0.439. The zero-order valence-corrected chi connectivity index (χ0v) is 10.9. The molecule has 0 aliphatic carbocycles. The quantitative estimate of drug-likeness (QED) is 0.820. The van der Waals surface area contributed by atoms with Crippen LogP contribution in [0.3, 0.4) is 0 Å². The van der Waals surface area contributed by atoms with Crippen LogP contribution in [0, 0.1) is 12.8 Å². The minimum Gasteiger partial charge on any atom is -0.314 e. The molecule has 92 valence electrons. The van der Waals surface area contributed by atoms with Gasteiger partial charge in [-0.1, -0.05) is 37.6 Å². The average Bonchev–Trinajstić information content (AvgIpc) is 2.29. The molecule has 3 heteroatoms. The number of urea groups is 1. The highest BCUT2D eigenvalue weighted by Gasteiger charge is 2.02. The SMILES string of the molecule is C/C(=C\NC(=O)Nc1ccccc1C)C(C)C. The topological polar surface area (TPSA) is 41.1 Å². The monoisotopic (exact) mass is 232 g/mol. The van der Waals surface area contributed by atoms with Gasteiger partial charge in [0.05, 0.1) is 0 Å². The van der Waals surface area contributed by atoms with Crippen LogP contribution in [-0.2, 0) is 0 Å². The van der Waals surface area contributed by atoms with Crippen molar-refractivity contribution in [2.24, 2.45) is 5.92 Å². The Balaban J connectivity index is 2.57. The van der Waals surface area contributed by atoms with E-state index in [2.05, 4.69) is 24.5 Å². The Morgan fingerprint density at radius 3 is 2.53 bits per heavy atom. The Kier molecular flexibility index (Phi) is 4.76. The zero-order chi connectivity index (χ0) is 12.8. The second-order valence-electron chi connectivity index (χ2n) is 4.46. The van der Waals surface area contributed by atoms with Crippen molar-refractivity contribution in [3.63, 3.8) is 0 Å². The average molecular weight is 232 g/mol. The van der Waals surface area contributed by atoms with Gasteiger partial charge in [-0.2, -0.15) is 0 Å². The maximum absolute atomic E-state index is 11.6. The van der Waals surface area contributed by atoms with Gasteiger partial charge in [-0.3, -0.25) is 0 Å². The molecule has 0 aromatic heterocycles. The Hall–Kier alpha value is -1.77. The molecule has 0 atom stereocenters. The van der Waals surface area contributed by atoms with Crippen molar-refractivity contribution in [3.05, 3.63) is 41.6 Å². The fourth-order valence-electron chi connectivity index (χ4n) is 1.22. The van der Waals surface area contributed by atoms with Gasteiger partial charge in [0.25, 0.3) is 0 Å². The molecule has 0 heterocycles. The minimum atomic E-state index is -0.209. The second kappa shape index (κ2) is 6.09. The van der Waals surface area contributed by atoms with Crippen LogP contribution in [0.2, 0.25) is 0 Å². The number of allylic oxidation sites excluding steroid dienone is 1. The van der Waals surface area contributed by atoms with Crippen molar-refractivity contribution in [1.82, 2.24) is 5.32 Å². The van der Waals surface area contributed by atoms with Crippen LogP contribution in [0.1, 0.15) is 26.3 Å². The number of hydrogen-bond acceptors (Lipinski definition) is 1. The summed E-state index contributed by atoms with van der Waals surface area (Å²) in [6.07, 6.45) is 1.75. The molecule has 0 fully saturated rings. The van der Waals surface area contributed by atoms with E-state index in [1.165, 1.54) is 0 Å². The molecule has 0 bridgehead atoms. The van der Waals surface area contributed by atoms with E-state index < -0.39 is 0 Å². The third-order valence-electron chi connectivity index (χ3n) is 2.73. The van der Waals surface area contributed by atoms with Crippen LogP contribution in [0.15, 0.2) is 36.0 Å². The van der Waals surface area contributed by atoms with E-state index in [1.54, 1.807) is 6.20 Å². The van der Waals surface area contributed by atoms with Crippen molar-refractivity contribution in [2.45, 2.75) is 27.7 Å². The highest BCUT2D eigenvalue weighted by molar-refractivity contribution is 5.90. The molecule has 0 spiro atoms. The third-order valence-corrected chi connectivity index (χ3v) is 2.73. The number of benzene rings is 1. The predicted octanol–water partition coefficient (Wildman–Crippen LogP) is 3.68. The Bertz CT molecular complexity index is 422. The fourth-order valence-corrected chi connectivity index (χ4v) is 1.22. The van der Waals surface area contributed by atoms with Crippen molar-refractivity contribution in [3.8, 4) is 0 Å². The Morgan fingerprint density at radius 2 is 1.94 bits per heavy atom. The Morgan fingerprint density at radius 1 is 1.29 bits per heavy atom. The number of aryl methyl sites for hydroxylation is 1. The molecule has 17 heavy (non-hydrogen) atoms. The van der Waals surface area contributed by atoms with Crippen LogP contribution in [0.4, 0.5) is 10.5 Å². The summed E-state index contributed by atoms with van der Waals surface area (Å²) in [6, 6.07) is 7.48. The summed E-state index contributed by atoms with van der Waals surface area (Å²) in [4.78, 5) is 11.6. The van der Waals surface area contributed by atoms with Gasteiger partial charge in [0.2, 0.25) is 0 Å². The normalized spacial score (nSPS) is 11.5. The van der Waals surface area contributed by atoms with Crippen molar-refractivity contribution >= 4 is 11.7 Å². The molecule has 0 aliphatic heterocycles. The number of carbonyl (C=O) groups is 1. The lowest BCUT2D eigenvalue weighted by Crippen LogP contribution is -2.24. The van der Waals surface area contributed by atoms with Crippen LogP contribution >= 0.6 is 0 Å². The lowest BCUT2D eigenvalue weighted by Gasteiger charge is -2.09. The first-order chi connectivity index (χ1) is 8.00. The van der Waals surface area contributed by atoms with E-state index in [0.29, 0.717) is 5.92 Å². The van der Waals surface area contributed by atoms with E-state index in [0.717, 1.165) is 16.8 Å². The molecule has 1 rings (SSSR count). The first-order valence-electron chi connectivity index (χ1n) is 5.80. The summed E-state index contributed by atoms with van der Waals surface area (Å²) >= 11 is 0. The zero-order valence-electron chi connectivity index (χ0n) is 10.9. The molecule has 0 saturated carbocycles. The standard InChI is InChI=1S/C14H20N2O/c1-10(2)12(4)9-15-14(17)16-13-8-6-5-7-11(13)3/h5-10H,1-4H3,(H2,15,16,17)/b12-9+. The summed E-state index contributed by atoms with van der Waals surface area (Å²) in [5.41, 5.74) is 3.03. The van der Waals surface area contributed by atoms with Crippen LogP contribution < -0.4 is 10.6 Å². The van der Waals surface area contributed by atoms with Crippen molar-refractivity contribution in [2.75, 3.05) is 5.32 Å². The minimum absolute atomic E-state index is 0.209. The summed E-state index contributed by atoms with van der Waals surface area (Å²) in [5, 5.41) is 5.54. The summed E-state index contributed by atoms with van der Waals surface area (Å²) in [6.45, 7) is 8.14. The Labute approximate surface area is 103 Å². The van der Waals surface area contributed by atoms with Crippen LogP contribution in [-0.4, -0.2) is 6.03 Å². The van der Waals surface area contributed by atoms with Gasteiger partial charge in [0, 0.05) is 11.9 Å². The predicted molar refractivity (Wildman–Crippen MR) is 71.9 cm³/mol. The molecule has 0 aliphatic rings. The molecule has 1 aromatic rings. The van der Waals surface area contributed by atoms with Gasteiger partial charge in [0.15, 0.2) is 0 Å². The molecular formula is C14H20N2O. The molecule has 0 radical (unpaired) electrons. The van der Waals surface area contributed by atoms with Gasteiger partial charge >= 0.3 is 6.03 Å². The van der Waals surface area contributed by atoms with Gasteiger partial charge in [-0.05, 0) is 31.4 Å². The number of carbonyl (C=O) groups excluding carboxylic acids is 1. The molecule has 2 N–H and O–H groups in total. The smallest absolute Gasteiger partial charge is 0.314 e. The van der Waals surface area contributed by atoms with Gasteiger partial charge < -0.3 is 10.6 Å². The van der Waals surface area contributed by atoms with E-state index >= 15 is 0 Å². The van der Waals surface area contributed by atoms with Crippen molar-refractivity contribution < 1.29 is 4.79 Å². The molecule has 0 unspecified atom stereocenters. The maximum Gasteiger partial charge on any atom is 0.323 e. The summed E-state index contributed by atoms with van der Waals surface area (Å²) < 4.78 is 0. The second-order valence-corrected chi connectivity index (χ2v) is 4.46. The maximum atomic E-state index is 11.6. The number of rotatable bonds is 3. The highest BCUT2D eigenvalue weighted by atomic mass is 16.2. The van der Waals surface area contributed by atoms with E-state index in [-0.39, 0.29) is 6.03 Å². The largest absolute Gasteiger partial charge is 0.323 e. The summed E-state index contributed by atoms with van der Waals surface area (Å²) in [7, 11) is 0.